The minimum absolute atomic E-state index is 0.119. The molecular weight excluding hydrogens is 216 g/mol. The predicted octanol–water partition coefficient (Wildman–Crippen LogP) is 1.01. The first kappa shape index (κ1) is 12.8. The molecule has 0 aromatic heterocycles. The largest absolute Gasteiger partial charge is 0.468 e. The molecule has 2 rings (SSSR count). The number of nitrogens with zero attached hydrogens (tertiary/aromatic N) is 1. The van der Waals surface area contributed by atoms with Gasteiger partial charge in [-0.3, -0.25) is 4.79 Å². The van der Waals surface area contributed by atoms with Crippen LogP contribution in [0.3, 0.4) is 0 Å². The van der Waals surface area contributed by atoms with Crippen molar-refractivity contribution in [2.24, 2.45) is 5.92 Å². The zero-order chi connectivity index (χ0) is 12.3. The van der Waals surface area contributed by atoms with Crippen molar-refractivity contribution in [1.29, 1.82) is 0 Å². The molecule has 17 heavy (non-hydrogen) atoms. The molecule has 98 valence electrons. The molecule has 0 bridgehead atoms. The highest BCUT2D eigenvalue weighted by Gasteiger charge is 2.31. The molecule has 4 nitrogen and oxygen atoms in total. The molecule has 0 aromatic rings. The van der Waals surface area contributed by atoms with Gasteiger partial charge in [-0.2, -0.15) is 0 Å². The summed E-state index contributed by atoms with van der Waals surface area (Å²) in [5.74, 6) is 0.750. The van der Waals surface area contributed by atoms with Crippen molar-refractivity contribution >= 4 is 5.97 Å². The Labute approximate surface area is 104 Å². The van der Waals surface area contributed by atoms with Crippen molar-refractivity contribution in [2.75, 3.05) is 26.7 Å². The highest BCUT2D eigenvalue weighted by Crippen LogP contribution is 2.29. The third-order valence-electron chi connectivity index (χ3n) is 3.60. The number of esters is 1. The lowest BCUT2D eigenvalue weighted by atomic mass is 10.2. The van der Waals surface area contributed by atoms with Gasteiger partial charge < -0.3 is 15.0 Å². The van der Waals surface area contributed by atoms with E-state index in [1.165, 1.54) is 32.8 Å². The van der Waals surface area contributed by atoms with Crippen molar-refractivity contribution in [2.45, 2.75) is 44.7 Å². The molecule has 1 N–H and O–H groups in total. The van der Waals surface area contributed by atoms with E-state index in [-0.39, 0.29) is 12.0 Å². The molecule has 2 aliphatic carbocycles. The minimum Gasteiger partial charge on any atom is -0.468 e. The SMILES string of the molecule is CCN(CC1CC1)CC(NC1CC1)C(=O)OC. The van der Waals surface area contributed by atoms with E-state index in [0.717, 1.165) is 25.6 Å². The molecule has 0 amide bonds. The molecule has 2 saturated carbocycles. The van der Waals surface area contributed by atoms with E-state index in [4.69, 9.17) is 4.74 Å². The summed E-state index contributed by atoms with van der Waals surface area (Å²) in [6, 6.07) is 0.393. The molecule has 1 unspecified atom stereocenters. The van der Waals surface area contributed by atoms with Crippen LogP contribution in [0.4, 0.5) is 0 Å². The van der Waals surface area contributed by atoms with Gasteiger partial charge in [-0.1, -0.05) is 6.92 Å². The molecule has 2 aliphatic rings. The average molecular weight is 240 g/mol. The fourth-order valence-electron chi connectivity index (χ4n) is 2.13. The van der Waals surface area contributed by atoms with Crippen molar-refractivity contribution in [3.05, 3.63) is 0 Å². The Balaban J connectivity index is 1.81. The van der Waals surface area contributed by atoms with Gasteiger partial charge in [0, 0.05) is 19.1 Å². The molecule has 4 heteroatoms. The van der Waals surface area contributed by atoms with Gasteiger partial charge in [0.1, 0.15) is 6.04 Å². The smallest absolute Gasteiger partial charge is 0.324 e. The van der Waals surface area contributed by atoms with Gasteiger partial charge in [-0.25, -0.2) is 0 Å². The van der Waals surface area contributed by atoms with E-state index in [0.29, 0.717) is 6.04 Å². The summed E-state index contributed by atoms with van der Waals surface area (Å²) in [6.45, 7) is 5.09. The van der Waals surface area contributed by atoms with Crippen LogP contribution in [0.5, 0.6) is 0 Å². The van der Waals surface area contributed by atoms with Crippen LogP contribution in [0.1, 0.15) is 32.6 Å². The molecule has 0 aliphatic heterocycles. The lowest BCUT2D eigenvalue weighted by Gasteiger charge is -2.25. The lowest BCUT2D eigenvalue weighted by Crippen LogP contribution is -2.48. The summed E-state index contributed by atoms with van der Waals surface area (Å²) >= 11 is 0. The topological polar surface area (TPSA) is 41.6 Å². The third kappa shape index (κ3) is 4.28. The monoisotopic (exact) mass is 240 g/mol. The molecular formula is C13H24N2O2. The van der Waals surface area contributed by atoms with E-state index >= 15 is 0 Å². The van der Waals surface area contributed by atoms with Crippen LogP contribution in [-0.2, 0) is 9.53 Å². The van der Waals surface area contributed by atoms with Crippen LogP contribution in [0.2, 0.25) is 0 Å². The summed E-state index contributed by atoms with van der Waals surface area (Å²) in [7, 11) is 1.47. The second-order valence-electron chi connectivity index (χ2n) is 5.31. The van der Waals surface area contributed by atoms with Crippen LogP contribution < -0.4 is 5.32 Å². The average Bonchev–Trinajstić information content (AvgIpc) is 3.20. The van der Waals surface area contributed by atoms with E-state index in [9.17, 15) is 4.79 Å². The molecule has 0 saturated heterocycles. The van der Waals surface area contributed by atoms with Gasteiger partial charge in [0.05, 0.1) is 7.11 Å². The zero-order valence-electron chi connectivity index (χ0n) is 10.9. The van der Waals surface area contributed by atoms with E-state index < -0.39 is 0 Å². The fraction of sp³-hybridized carbons (Fsp3) is 0.923. The Morgan fingerprint density at radius 2 is 2.12 bits per heavy atom. The first-order valence-electron chi connectivity index (χ1n) is 6.79. The highest BCUT2D eigenvalue weighted by molar-refractivity contribution is 5.76. The molecule has 0 spiro atoms. The molecule has 1 atom stereocenters. The Morgan fingerprint density at radius 1 is 1.41 bits per heavy atom. The van der Waals surface area contributed by atoms with Crippen LogP contribution in [0, 0.1) is 5.92 Å². The summed E-state index contributed by atoms with van der Waals surface area (Å²) in [4.78, 5) is 14.1. The maximum atomic E-state index is 11.7. The van der Waals surface area contributed by atoms with Gasteiger partial charge in [0.25, 0.3) is 0 Å². The normalized spacial score (nSPS) is 21.6. The molecule has 2 fully saturated rings. The molecule has 0 heterocycles. The van der Waals surface area contributed by atoms with Gasteiger partial charge in [0.15, 0.2) is 0 Å². The molecule has 0 radical (unpaired) electrons. The first-order valence-corrected chi connectivity index (χ1v) is 6.79. The minimum atomic E-state index is -0.147. The van der Waals surface area contributed by atoms with Gasteiger partial charge in [0.2, 0.25) is 0 Å². The third-order valence-corrected chi connectivity index (χ3v) is 3.60. The van der Waals surface area contributed by atoms with E-state index in [1.807, 2.05) is 0 Å². The number of likely N-dealkylation sites (N-methyl/N-ethyl adjacent to an activating group) is 1. The predicted molar refractivity (Wildman–Crippen MR) is 66.8 cm³/mol. The summed E-state index contributed by atoms with van der Waals surface area (Å²) in [5.41, 5.74) is 0. The van der Waals surface area contributed by atoms with Crippen molar-refractivity contribution < 1.29 is 9.53 Å². The standard InChI is InChI=1S/C13H24N2O2/c1-3-15(8-10-4-5-10)9-12(13(16)17-2)14-11-6-7-11/h10-12,14H,3-9H2,1-2H3. The number of hydrogen-bond donors (Lipinski definition) is 1. The number of rotatable bonds is 8. The maximum Gasteiger partial charge on any atom is 0.324 e. The van der Waals surface area contributed by atoms with Gasteiger partial charge >= 0.3 is 5.97 Å². The Hall–Kier alpha value is -0.610. The zero-order valence-corrected chi connectivity index (χ0v) is 10.9. The first-order chi connectivity index (χ1) is 8.22. The second kappa shape index (κ2) is 5.83. The number of nitrogens with one attached hydrogen (secondary N) is 1. The van der Waals surface area contributed by atoms with E-state index in [1.54, 1.807) is 0 Å². The van der Waals surface area contributed by atoms with E-state index in [2.05, 4.69) is 17.1 Å². The molecule has 0 aromatic carbocycles. The fourth-order valence-corrected chi connectivity index (χ4v) is 2.13. The van der Waals surface area contributed by atoms with Crippen LogP contribution in [0.25, 0.3) is 0 Å². The maximum absolute atomic E-state index is 11.7. The Bertz CT molecular complexity index is 262. The summed E-state index contributed by atoms with van der Waals surface area (Å²) in [5, 5.41) is 3.38. The number of ether oxygens (including phenoxy) is 1. The number of carbonyl (C=O) groups is 1. The summed E-state index contributed by atoms with van der Waals surface area (Å²) < 4.78 is 4.88. The van der Waals surface area contributed by atoms with Crippen LogP contribution >= 0.6 is 0 Å². The number of methoxy groups -OCH3 is 1. The Morgan fingerprint density at radius 3 is 2.59 bits per heavy atom. The number of carbonyl (C=O) groups excluding carboxylic acids is 1. The van der Waals surface area contributed by atoms with Crippen molar-refractivity contribution in [3.8, 4) is 0 Å². The number of hydrogen-bond acceptors (Lipinski definition) is 4. The van der Waals surface area contributed by atoms with Gasteiger partial charge in [-0.15, -0.1) is 0 Å². The highest BCUT2D eigenvalue weighted by atomic mass is 16.5. The quantitative estimate of drug-likeness (QED) is 0.643. The van der Waals surface area contributed by atoms with Crippen LogP contribution in [0.15, 0.2) is 0 Å². The van der Waals surface area contributed by atoms with Crippen molar-refractivity contribution in [3.63, 3.8) is 0 Å². The Kier molecular flexibility index (Phi) is 4.40. The summed E-state index contributed by atoms with van der Waals surface area (Å²) in [6.07, 6.45) is 5.11. The lowest BCUT2D eigenvalue weighted by molar-refractivity contribution is -0.143. The second-order valence-corrected chi connectivity index (χ2v) is 5.31. The van der Waals surface area contributed by atoms with Gasteiger partial charge in [-0.05, 0) is 38.1 Å². The van der Waals surface area contributed by atoms with Crippen LogP contribution in [-0.4, -0.2) is 49.7 Å². The van der Waals surface area contributed by atoms with Crippen molar-refractivity contribution in [1.82, 2.24) is 10.2 Å².